The predicted octanol–water partition coefficient (Wildman–Crippen LogP) is 3.84. The SMILES string of the molecule is CC(C)(C)OC(=O)N1CCCCC1CNCc1c(F)cccc1F. The number of piperidine rings is 1. The zero-order valence-corrected chi connectivity index (χ0v) is 14.6. The van der Waals surface area contributed by atoms with Gasteiger partial charge in [-0.1, -0.05) is 6.07 Å². The molecule has 1 fully saturated rings. The number of rotatable bonds is 4. The van der Waals surface area contributed by atoms with Crippen molar-refractivity contribution in [2.45, 2.75) is 58.2 Å². The van der Waals surface area contributed by atoms with E-state index in [1.54, 1.807) is 4.90 Å². The summed E-state index contributed by atoms with van der Waals surface area (Å²) in [5.41, 5.74) is -0.514. The van der Waals surface area contributed by atoms with Crippen molar-refractivity contribution in [1.82, 2.24) is 10.2 Å². The van der Waals surface area contributed by atoms with Gasteiger partial charge < -0.3 is 15.0 Å². The van der Waals surface area contributed by atoms with E-state index in [0.29, 0.717) is 13.1 Å². The van der Waals surface area contributed by atoms with Crippen LogP contribution in [0.1, 0.15) is 45.6 Å². The molecular formula is C18H26F2N2O2. The average Bonchev–Trinajstić information content (AvgIpc) is 2.49. The van der Waals surface area contributed by atoms with Crippen LogP contribution in [0.15, 0.2) is 18.2 Å². The maximum absolute atomic E-state index is 13.6. The molecule has 1 aromatic rings. The quantitative estimate of drug-likeness (QED) is 0.905. The maximum Gasteiger partial charge on any atom is 0.410 e. The highest BCUT2D eigenvalue weighted by molar-refractivity contribution is 5.68. The van der Waals surface area contributed by atoms with Gasteiger partial charge in [-0.15, -0.1) is 0 Å². The molecule has 134 valence electrons. The van der Waals surface area contributed by atoms with Gasteiger partial charge in [-0.05, 0) is 52.2 Å². The van der Waals surface area contributed by atoms with E-state index in [0.717, 1.165) is 19.3 Å². The van der Waals surface area contributed by atoms with Gasteiger partial charge in [-0.2, -0.15) is 0 Å². The number of hydrogen-bond acceptors (Lipinski definition) is 3. The van der Waals surface area contributed by atoms with Gasteiger partial charge in [-0.3, -0.25) is 0 Å². The number of carbonyl (C=O) groups excluding carboxylic acids is 1. The second kappa shape index (κ2) is 7.92. The molecule has 1 amide bonds. The largest absolute Gasteiger partial charge is 0.444 e. The van der Waals surface area contributed by atoms with Crippen LogP contribution in [-0.4, -0.2) is 35.7 Å². The third-order valence-electron chi connectivity index (χ3n) is 4.00. The van der Waals surface area contributed by atoms with Crippen LogP contribution in [0.2, 0.25) is 0 Å². The van der Waals surface area contributed by atoms with Gasteiger partial charge in [0.1, 0.15) is 17.2 Å². The molecule has 0 saturated carbocycles. The van der Waals surface area contributed by atoms with Gasteiger partial charge in [0.2, 0.25) is 0 Å². The van der Waals surface area contributed by atoms with Crippen LogP contribution in [0.25, 0.3) is 0 Å². The summed E-state index contributed by atoms with van der Waals surface area (Å²) >= 11 is 0. The number of benzene rings is 1. The number of halogens is 2. The molecule has 1 N–H and O–H groups in total. The number of ether oxygens (including phenoxy) is 1. The van der Waals surface area contributed by atoms with E-state index in [4.69, 9.17) is 4.74 Å². The van der Waals surface area contributed by atoms with Gasteiger partial charge in [-0.25, -0.2) is 13.6 Å². The van der Waals surface area contributed by atoms with Crippen LogP contribution in [0.4, 0.5) is 13.6 Å². The van der Waals surface area contributed by atoms with E-state index >= 15 is 0 Å². The zero-order chi connectivity index (χ0) is 17.7. The number of hydrogen-bond donors (Lipinski definition) is 1. The van der Waals surface area contributed by atoms with E-state index in [2.05, 4.69) is 5.32 Å². The Bertz CT molecular complexity index is 552. The first-order valence-corrected chi connectivity index (χ1v) is 8.41. The monoisotopic (exact) mass is 340 g/mol. The van der Waals surface area contributed by atoms with Crippen molar-refractivity contribution in [3.63, 3.8) is 0 Å². The van der Waals surface area contributed by atoms with Gasteiger partial charge >= 0.3 is 6.09 Å². The van der Waals surface area contributed by atoms with Crippen molar-refractivity contribution in [3.05, 3.63) is 35.4 Å². The predicted molar refractivity (Wildman–Crippen MR) is 88.6 cm³/mol. The Morgan fingerprint density at radius 2 is 1.96 bits per heavy atom. The Morgan fingerprint density at radius 1 is 1.29 bits per heavy atom. The van der Waals surface area contributed by atoms with Crippen molar-refractivity contribution in [1.29, 1.82) is 0 Å². The van der Waals surface area contributed by atoms with Crippen molar-refractivity contribution in [2.75, 3.05) is 13.1 Å². The van der Waals surface area contributed by atoms with Gasteiger partial charge in [0.25, 0.3) is 0 Å². The van der Waals surface area contributed by atoms with E-state index < -0.39 is 17.2 Å². The fraction of sp³-hybridized carbons (Fsp3) is 0.611. The smallest absolute Gasteiger partial charge is 0.410 e. The molecular weight excluding hydrogens is 314 g/mol. The Balaban J connectivity index is 1.93. The van der Waals surface area contributed by atoms with Gasteiger partial charge in [0.05, 0.1) is 0 Å². The van der Waals surface area contributed by atoms with Crippen LogP contribution >= 0.6 is 0 Å². The number of carbonyl (C=O) groups is 1. The molecule has 1 aliphatic heterocycles. The lowest BCUT2D eigenvalue weighted by atomic mass is 10.0. The minimum absolute atomic E-state index is 0.0246. The minimum atomic E-state index is -0.560. The molecule has 1 saturated heterocycles. The van der Waals surface area contributed by atoms with Crippen LogP contribution in [0.3, 0.4) is 0 Å². The van der Waals surface area contributed by atoms with E-state index in [1.807, 2.05) is 20.8 Å². The van der Waals surface area contributed by atoms with Gasteiger partial charge in [0, 0.05) is 31.2 Å². The molecule has 0 aromatic heterocycles. The summed E-state index contributed by atoms with van der Waals surface area (Å²) < 4.78 is 32.7. The summed E-state index contributed by atoms with van der Waals surface area (Å²) in [4.78, 5) is 14.0. The van der Waals surface area contributed by atoms with Crippen LogP contribution in [0, 0.1) is 11.6 Å². The van der Waals surface area contributed by atoms with Crippen molar-refractivity contribution in [2.24, 2.45) is 0 Å². The lowest BCUT2D eigenvalue weighted by molar-refractivity contribution is 0.00991. The van der Waals surface area contributed by atoms with E-state index in [1.165, 1.54) is 18.2 Å². The summed E-state index contributed by atoms with van der Waals surface area (Å²) in [6.07, 6.45) is 2.50. The first kappa shape index (κ1) is 18.6. The van der Waals surface area contributed by atoms with Crippen LogP contribution in [-0.2, 0) is 11.3 Å². The highest BCUT2D eigenvalue weighted by Crippen LogP contribution is 2.20. The molecule has 4 nitrogen and oxygen atoms in total. The summed E-state index contributed by atoms with van der Waals surface area (Å²) in [7, 11) is 0. The fourth-order valence-corrected chi connectivity index (χ4v) is 2.84. The molecule has 1 heterocycles. The normalized spacial score (nSPS) is 18.5. The highest BCUT2D eigenvalue weighted by atomic mass is 19.1. The Morgan fingerprint density at radius 3 is 2.58 bits per heavy atom. The molecule has 1 unspecified atom stereocenters. The fourth-order valence-electron chi connectivity index (χ4n) is 2.84. The molecule has 2 rings (SSSR count). The zero-order valence-electron chi connectivity index (χ0n) is 14.6. The Hall–Kier alpha value is -1.69. The standard InChI is InChI=1S/C18H26F2N2O2/c1-18(2,3)24-17(23)22-10-5-4-7-13(22)11-21-12-14-15(19)8-6-9-16(14)20/h6,8-9,13,21H,4-5,7,10-12H2,1-3H3. The summed E-state index contributed by atoms with van der Waals surface area (Å²) in [5.74, 6) is -1.12. The molecule has 1 aromatic carbocycles. The van der Waals surface area contributed by atoms with Crippen LogP contribution in [0.5, 0.6) is 0 Å². The van der Waals surface area contributed by atoms with E-state index in [9.17, 15) is 13.6 Å². The summed E-state index contributed by atoms with van der Waals surface area (Å²) in [5, 5.41) is 3.07. The third kappa shape index (κ3) is 5.16. The minimum Gasteiger partial charge on any atom is -0.444 e. The van der Waals surface area contributed by atoms with Crippen LogP contribution < -0.4 is 5.32 Å². The number of nitrogens with zero attached hydrogens (tertiary/aromatic N) is 1. The maximum atomic E-state index is 13.6. The molecule has 6 heteroatoms. The molecule has 0 spiro atoms. The summed E-state index contributed by atoms with van der Waals surface area (Å²) in [6, 6.07) is 3.81. The first-order valence-electron chi connectivity index (χ1n) is 8.41. The molecule has 0 radical (unpaired) electrons. The highest BCUT2D eigenvalue weighted by Gasteiger charge is 2.30. The average molecular weight is 340 g/mol. The number of amides is 1. The number of nitrogens with one attached hydrogen (secondary N) is 1. The Labute approximate surface area is 142 Å². The number of likely N-dealkylation sites (tertiary alicyclic amines) is 1. The molecule has 1 aliphatic rings. The lowest BCUT2D eigenvalue weighted by Crippen LogP contribution is -2.50. The molecule has 0 aliphatic carbocycles. The Kier molecular flexibility index (Phi) is 6.15. The van der Waals surface area contributed by atoms with Crippen molar-refractivity contribution < 1.29 is 18.3 Å². The third-order valence-corrected chi connectivity index (χ3v) is 4.00. The second-order valence-corrected chi connectivity index (χ2v) is 7.15. The van der Waals surface area contributed by atoms with Gasteiger partial charge in [0.15, 0.2) is 0 Å². The van der Waals surface area contributed by atoms with Crippen molar-refractivity contribution >= 4 is 6.09 Å². The van der Waals surface area contributed by atoms with E-state index in [-0.39, 0.29) is 24.2 Å². The summed E-state index contributed by atoms with van der Waals surface area (Å²) in [6.45, 7) is 6.73. The lowest BCUT2D eigenvalue weighted by Gasteiger charge is -2.37. The molecule has 0 bridgehead atoms. The molecule has 24 heavy (non-hydrogen) atoms. The van der Waals surface area contributed by atoms with Crippen molar-refractivity contribution in [3.8, 4) is 0 Å². The molecule has 1 atom stereocenters. The topological polar surface area (TPSA) is 41.6 Å². The second-order valence-electron chi connectivity index (χ2n) is 7.15. The first-order chi connectivity index (χ1) is 11.3.